The third kappa shape index (κ3) is 39.4. The minimum atomic E-state index is -0.134. The summed E-state index contributed by atoms with van der Waals surface area (Å²) in [5.74, 6) is 0.0130. The zero-order valence-electron chi connectivity index (χ0n) is 29.8. The molecule has 0 saturated carbocycles. The normalized spacial score (nSPS) is 12.2. The molecule has 258 valence electrons. The summed E-state index contributed by atoms with van der Waals surface area (Å²) in [5, 5.41) is 9.27. The monoisotopic (exact) mass is 609 g/mol. The van der Waals surface area contributed by atoms with Gasteiger partial charge in [0.2, 0.25) is 0 Å². The molecule has 1 N–H and O–H groups in total. The molecular formula is C40H80O3. The topological polar surface area (TPSA) is 46.5 Å². The van der Waals surface area contributed by atoms with E-state index in [1.807, 2.05) is 6.92 Å². The van der Waals surface area contributed by atoms with Crippen LogP contribution in [-0.2, 0) is 9.53 Å². The van der Waals surface area contributed by atoms with E-state index in [1.165, 1.54) is 193 Å². The second-order valence-electron chi connectivity index (χ2n) is 13.9. The summed E-state index contributed by atoms with van der Waals surface area (Å²) in [6.45, 7) is 4.80. The lowest BCUT2D eigenvalue weighted by molar-refractivity contribution is -0.143. The van der Waals surface area contributed by atoms with Crippen molar-refractivity contribution < 1.29 is 14.6 Å². The highest BCUT2D eigenvalue weighted by atomic mass is 16.5. The van der Waals surface area contributed by atoms with E-state index < -0.39 is 0 Å². The first-order valence-electron chi connectivity index (χ1n) is 20.0. The third-order valence-corrected chi connectivity index (χ3v) is 9.26. The quantitative estimate of drug-likeness (QED) is 0.0563. The average Bonchev–Trinajstić information content (AvgIpc) is 2.99. The van der Waals surface area contributed by atoms with Crippen LogP contribution in [0.2, 0.25) is 0 Å². The number of carbonyl (C=O) groups is 1. The molecule has 0 aromatic heterocycles. The van der Waals surface area contributed by atoms with E-state index in [4.69, 9.17) is 4.74 Å². The summed E-state index contributed by atoms with van der Waals surface area (Å²) in [4.78, 5) is 11.9. The van der Waals surface area contributed by atoms with Gasteiger partial charge in [-0.25, -0.2) is 0 Å². The van der Waals surface area contributed by atoms with Gasteiger partial charge in [0.05, 0.1) is 12.7 Å². The summed E-state index contributed by atoms with van der Waals surface area (Å²) in [6.07, 6.45) is 46.0. The molecule has 0 aliphatic heterocycles. The van der Waals surface area contributed by atoms with Gasteiger partial charge in [-0.05, 0) is 26.2 Å². The molecule has 0 aliphatic rings. The zero-order chi connectivity index (χ0) is 31.3. The van der Waals surface area contributed by atoms with Gasteiger partial charge >= 0.3 is 5.97 Å². The Morgan fingerprint density at radius 3 is 1.05 bits per heavy atom. The highest BCUT2D eigenvalue weighted by Crippen LogP contribution is 2.16. The van der Waals surface area contributed by atoms with Crippen molar-refractivity contribution in [3.05, 3.63) is 0 Å². The molecule has 0 aromatic carbocycles. The Labute approximate surface area is 271 Å². The standard InChI is InChI=1S/C40H80O3/c1-3-4-5-6-7-8-9-10-11-12-13-14-15-16-17-18-19-23-26-29-32-35-38-43-40(42)37-34-31-28-25-22-20-21-24-27-30-33-36-39(2)41/h39,41H,3-38H2,1-2H3. The van der Waals surface area contributed by atoms with E-state index in [9.17, 15) is 9.90 Å². The second-order valence-corrected chi connectivity index (χ2v) is 13.9. The summed E-state index contributed by atoms with van der Waals surface area (Å²) >= 11 is 0. The van der Waals surface area contributed by atoms with Crippen molar-refractivity contribution in [2.24, 2.45) is 0 Å². The van der Waals surface area contributed by atoms with Gasteiger partial charge in [0.25, 0.3) is 0 Å². The lowest BCUT2D eigenvalue weighted by atomic mass is 10.0. The minimum Gasteiger partial charge on any atom is -0.466 e. The molecule has 3 nitrogen and oxygen atoms in total. The van der Waals surface area contributed by atoms with Crippen molar-refractivity contribution in [3.8, 4) is 0 Å². The van der Waals surface area contributed by atoms with Crippen molar-refractivity contribution in [2.75, 3.05) is 6.61 Å². The molecule has 0 aliphatic carbocycles. The van der Waals surface area contributed by atoms with Crippen LogP contribution in [0.25, 0.3) is 0 Å². The maximum atomic E-state index is 11.9. The maximum absolute atomic E-state index is 11.9. The molecule has 0 amide bonds. The molecule has 0 heterocycles. The lowest BCUT2D eigenvalue weighted by Gasteiger charge is -2.06. The van der Waals surface area contributed by atoms with Gasteiger partial charge in [-0.1, -0.05) is 206 Å². The van der Waals surface area contributed by atoms with Crippen molar-refractivity contribution in [3.63, 3.8) is 0 Å². The zero-order valence-corrected chi connectivity index (χ0v) is 29.8. The number of hydrogen-bond donors (Lipinski definition) is 1. The minimum absolute atomic E-state index is 0.0130. The van der Waals surface area contributed by atoms with Crippen molar-refractivity contribution in [1.82, 2.24) is 0 Å². The van der Waals surface area contributed by atoms with Crippen LogP contribution in [0, 0.1) is 0 Å². The number of hydrogen-bond acceptors (Lipinski definition) is 3. The van der Waals surface area contributed by atoms with Crippen LogP contribution in [0.5, 0.6) is 0 Å². The first kappa shape index (κ1) is 42.4. The number of unbranched alkanes of at least 4 members (excludes halogenated alkanes) is 31. The Bertz CT molecular complexity index is 518. The molecule has 0 fully saturated rings. The molecular weight excluding hydrogens is 528 g/mol. The molecule has 43 heavy (non-hydrogen) atoms. The number of aliphatic hydroxyl groups excluding tert-OH is 1. The first-order chi connectivity index (χ1) is 21.2. The number of aliphatic hydroxyl groups is 1. The van der Waals surface area contributed by atoms with Crippen LogP contribution in [0.4, 0.5) is 0 Å². The van der Waals surface area contributed by atoms with Gasteiger partial charge in [-0.3, -0.25) is 4.79 Å². The largest absolute Gasteiger partial charge is 0.466 e. The van der Waals surface area contributed by atoms with E-state index in [0.29, 0.717) is 13.0 Å². The van der Waals surface area contributed by atoms with Crippen LogP contribution in [0.3, 0.4) is 0 Å². The smallest absolute Gasteiger partial charge is 0.305 e. The second kappa shape index (κ2) is 37.6. The van der Waals surface area contributed by atoms with Gasteiger partial charge in [0.1, 0.15) is 0 Å². The van der Waals surface area contributed by atoms with Crippen molar-refractivity contribution in [1.29, 1.82) is 0 Å². The van der Waals surface area contributed by atoms with Gasteiger partial charge in [0, 0.05) is 6.42 Å². The van der Waals surface area contributed by atoms with Gasteiger partial charge < -0.3 is 9.84 Å². The Hall–Kier alpha value is -0.570. The highest BCUT2D eigenvalue weighted by molar-refractivity contribution is 5.69. The van der Waals surface area contributed by atoms with Crippen LogP contribution in [0.15, 0.2) is 0 Å². The summed E-state index contributed by atoms with van der Waals surface area (Å²) in [6, 6.07) is 0. The SMILES string of the molecule is CCCCCCCCCCCCCCCCCCCCCCCCOC(=O)CCCCCCCCCCCCCC(C)O. The van der Waals surface area contributed by atoms with E-state index in [-0.39, 0.29) is 12.1 Å². The van der Waals surface area contributed by atoms with Crippen LogP contribution < -0.4 is 0 Å². The summed E-state index contributed by atoms with van der Waals surface area (Å²) < 4.78 is 5.45. The average molecular weight is 609 g/mol. The van der Waals surface area contributed by atoms with E-state index in [0.717, 1.165) is 25.7 Å². The number of rotatable bonds is 37. The first-order valence-corrected chi connectivity index (χ1v) is 20.0. The third-order valence-electron chi connectivity index (χ3n) is 9.26. The Morgan fingerprint density at radius 1 is 0.442 bits per heavy atom. The molecule has 0 spiro atoms. The van der Waals surface area contributed by atoms with Gasteiger partial charge in [-0.2, -0.15) is 0 Å². The van der Waals surface area contributed by atoms with E-state index >= 15 is 0 Å². The molecule has 0 rings (SSSR count). The predicted molar refractivity (Wildman–Crippen MR) is 190 cm³/mol. The molecule has 0 aromatic rings. The summed E-state index contributed by atoms with van der Waals surface area (Å²) in [5.41, 5.74) is 0. The van der Waals surface area contributed by atoms with Gasteiger partial charge in [-0.15, -0.1) is 0 Å². The van der Waals surface area contributed by atoms with Crippen molar-refractivity contribution >= 4 is 5.97 Å². The van der Waals surface area contributed by atoms with Crippen molar-refractivity contribution in [2.45, 2.75) is 245 Å². The van der Waals surface area contributed by atoms with E-state index in [2.05, 4.69) is 6.92 Å². The van der Waals surface area contributed by atoms with E-state index in [1.54, 1.807) is 0 Å². The fourth-order valence-corrected chi connectivity index (χ4v) is 6.27. The molecule has 3 heteroatoms. The summed E-state index contributed by atoms with van der Waals surface area (Å²) in [7, 11) is 0. The Balaban J connectivity index is 3.14. The van der Waals surface area contributed by atoms with Gasteiger partial charge in [0.15, 0.2) is 0 Å². The Kier molecular flexibility index (Phi) is 37.1. The highest BCUT2D eigenvalue weighted by Gasteiger charge is 2.03. The predicted octanol–water partition coefficient (Wildman–Crippen LogP) is 13.6. The molecule has 1 atom stereocenters. The van der Waals surface area contributed by atoms with Crippen LogP contribution >= 0.6 is 0 Å². The fourth-order valence-electron chi connectivity index (χ4n) is 6.27. The number of ether oxygens (including phenoxy) is 1. The van der Waals surface area contributed by atoms with Crippen LogP contribution in [0.1, 0.15) is 239 Å². The fraction of sp³-hybridized carbons (Fsp3) is 0.975. The number of esters is 1. The Morgan fingerprint density at radius 2 is 0.721 bits per heavy atom. The molecule has 0 radical (unpaired) electrons. The lowest BCUT2D eigenvalue weighted by Crippen LogP contribution is -2.05. The van der Waals surface area contributed by atoms with Crippen LogP contribution in [-0.4, -0.2) is 23.8 Å². The molecule has 1 unspecified atom stereocenters. The molecule has 0 saturated heterocycles. The maximum Gasteiger partial charge on any atom is 0.305 e. The molecule has 0 bridgehead atoms. The number of carbonyl (C=O) groups excluding carboxylic acids is 1.